The maximum absolute atomic E-state index is 12.4. The molecule has 2 N–H and O–H groups in total. The van der Waals surface area contributed by atoms with E-state index in [0.29, 0.717) is 6.42 Å². The zero-order valence-corrected chi connectivity index (χ0v) is 14.6. The fourth-order valence-electron chi connectivity index (χ4n) is 2.93. The first-order valence-corrected chi connectivity index (χ1v) is 8.09. The molecular formula is C20H23N3O. The van der Waals surface area contributed by atoms with Crippen LogP contribution in [-0.2, 0) is 11.2 Å². The van der Waals surface area contributed by atoms with Gasteiger partial charge in [-0.2, -0.15) is 0 Å². The van der Waals surface area contributed by atoms with Crippen LogP contribution in [0.4, 0.5) is 11.4 Å². The van der Waals surface area contributed by atoms with Crippen LogP contribution in [0, 0.1) is 13.8 Å². The quantitative estimate of drug-likeness (QED) is 0.762. The molecule has 0 aliphatic heterocycles. The monoisotopic (exact) mass is 321 g/mol. The summed E-state index contributed by atoms with van der Waals surface area (Å²) >= 11 is 0. The number of rotatable bonds is 4. The van der Waals surface area contributed by atoms with E-state index in [-0.39, 0.29) is 5.91 Å². The Morgan fingerprint density at radius 2 is 1.79 bits per heavy atom. The van der Waals surface area contributed by atoms with Crippen LogP contribution < -0.4 is 10.2 Å². The summed E-state index contributed by atoms with van der Waals surface area (Å²) in [6.07, 6.45) is 0.366. The second-order valence-electron chi connectivity index (χ2n) is 6.44. The van der Waals surface area contributed by atoms with Gasteiger partial charge in [-0.15, -0.1) is 0 Å². The summed E-state index contributed by atoms with van der Waals surface area (Å²) in [7, 11) is 3.99. The van der Waals surface area contributed by atoms with Gasteiger partial charge in [0, 0.05) is 42.1 Å². The van der Waals surface area contributed by atoms with E-state index in [1.165, 1.54) is 5.56 Å². The summed E-state index contributed by atoms with van der Waals surface area (Å²) in [5.74, 6) is -0.00175. The molecule has 3 rings (SSSR count). The van der Waals surface area contributed by atoms with Gasteiger partial charge < -0.3 is 15.2 Å². The van der Waals surface area contributed by atoms with E-state index < -0.39 is 0 Å². The first-order valence-electron chi connectivity index (χ1n) is 8.09. The number of H-pyrrole nitrogens is 1. The van der Waals surface area contributed by atoms with Crippen LogP contribution in [0.2, 0.25) is 0 Å². The average molecular weight is 321 g/mol. The number of carbonyl (C=O) groups is 1. The predicted molar refractivity (Wildman–Crippen MR) is 101 cm³/mol. The number of hydrogen-bond donors (Lipinski definition) is 2. The van der Waals surface area contributed by atoms with Gasteiger partial charge in [-0.25, -0.2) is 0 Å². The van der Waals surface area contributed by atoms with Crippen molar-refractivity contribution in [2.45, 2.75) is 20.3 Å². The lowest BCUT2D eigenvalue weighted by molar-refractivity contribution is -0.115. The molecule has 0 aliphatic rings. The van der Waals surface area contributed by atoms with Crippen LogP contribution in [0.25, 0.3) is 10.9 Å². The number of hydrogen-bond acceptors (Lipinski definition) is 2. The van der Waals surface area contributed by atoms with Crippen LogP contribution in [0.5, 0.6) is 0 Å². The van der Waals surface area contributed by atoms with E-state index in [9.17, 15) is 4.79 Å². The topological polar surface area (TPSA) is 48.1 Å². The Morgan fingerprint density at radius 3 is 2.46 bits per heavy atom. The highest BCUT2D eigenvalue weighted by atomic mass is 16.1. The number of aromatic nitrogens is 1. The first kappa shape index (κ1) is 16.1. The van der Waals surface area contributed by atoms with Crippen molar-refractivity contribution in [1.82, 2.24) is 4.98 Å². The van der Waals surface area contributed by atoms with Crippen molar-refractivity contribution in [3.05, 3.63) is 59.3 Å². The van der Waals surface area contributed by atoms with Crippen molar-refractivity contribution in [2.24, 2.45) is 0 Å². The molecule has 4 nitrogen and oxygen atoms in total. The summed E-state index contributed by atoms with van der Waals surface area (Å²) < 4.78 is 0. The minimum atomic E-state index is -0.00175. The summed E-state index contributed by atoms with van der Waals surface area (Å²) in [4.78, 5) is 17.8. The third-order valence-electron chi connectivity index (χ3n) is 4.28. The second-order valence-corrected chi connectivity index (χ2v) is 6.44. The van der Waals surface area contributed by atoms with E-state index in [1.54, 1.807) is 0 Å². The molecule has 1 aromatic heterocycles. The molecule has 4 heteroatoms. The Bertz CT molecular complexity index is 876. The van der Waals surface area contributed by atoms with Gasteiger partial charge in [-0.05, 0) is 55.8 Å². The van der Waals surface area contributed by atoms with Gasteiger partial charge in [0.25, 0.3) is 0 Å². The molecule has 3 aromatic rings. The van der Waals surface area contributed by atoms with Crippen molar-refractivity contribution in [3.63, 3.8) is 0 Å². The largest absolute Gasteiger partial charge is 0.378 e. The molecule has 1 amide bonds. The van der Waals surface area contributed by atoms with E-state index in [0.717, 1.165) is 33.5 Å². The molecular weight excluding hydrogens is 298 g/mol. The van der Waals surface area contributed by atoms with Crippen molar-refractivity contribution in [1.29, 1.82) is 0 Å². The second kappa shape index (κ2) is 6.40. The van der Waals surface area contributed by atoms with Crippen LogP contribution in [0.3, 0.4) is 0 Å². The van der Waals surface area contributed by atoms with Gasteiger partial charge in [-0.3, -0.25) is 4.79 Å². The number of aromatic amines is 1. The van der Waals surface area contributed by atoms with Crippen molar-refractivity contribution in [3.8, 4) is 0 Å². The summed E-state index contributed by atoms with van der Waals surface area (Å²) in [5, 5.41) is 4.11. The Hall–Kier alpha value is -2.75. The molecule has 124 valence electrons. The lowest BCUT2D eigenvalue weighted by Gasteiger charge is -2.13. The molecule has 0 saturated carbocycles. The standard InChI is InChI=1S/C20H23N3O/c1-13-5-10-19-18(11-13)17(14(2)21-19)12-20(24)22-15-6-8-16(9-7-15)23(3)4/h5-11,21H,12H2,1-4H3,(H,22,24). The summed E-state index contributed by atoms with van der Waals surface area (Å²) in [6, 6.07) is 14.1. The lowest BCUT2D eigenvalue weighted by Crippen LogP contribution is -2.15. The van der Waals surface area contributed by atoms with Gasteiger partial charge in [-0.1, -0.05) is 11.6 Å². The van der Waals surface area contributed by atoms with Gasteiger partial charge in [0.1, 0.15) is 0 Å². The normalized spacial score (nSPS) is 10.8. The smallest absolute Gasteiger partial charge is 0.228 e. The van der Waals surface area contributed by atoms with Crippen molar-refractivity contribution < 1.29 is 4.79 Å². The highest BCUT2D eigenvalue weighted by molar-refractivity contribution is 5.96. The maximum Gasteiger partial charge on any atom is 0.228 e. The molecule has 0 fully saturated rings. The molecule has 24 heavy (non-hydrogen) atoms. The van der Waals surface area contributed by atoms with Crippen LogP contribution >= 0.6 is 0 Å². The molecule has 0 saturated heterocycles. The number of anilines is 2. The third-order valence-corrected chi connectivity index (χ3v) is 4.28. The average Bonchev–Trinajstić information content (AvgIpc) is 2.83. The number of nitrogens with zero attached hydrogens (tertiary/aromatic N) is 1. The minimum absolute atomic E-state index is 0.00175. The fraction of sp³-hybridized carbons (Fsp3) is 0.250. The maximum atomic E-state index is 12.4. The fourth-order valence-corrected chi connectivity index (χ4v) is 2.93. The number of nitrogens with one attached hydrogen (secondary N) is 2. The van der Waals surface area contributed by atoms with Gasteiger partial charge in [0.15, 0.2) is 0 Å². The molecule has 0 spiro atoms. The molecule has 0 radical (unpaired) electrons. The van der Waals surface area contributed by atoms with Crippen molar-refractivity contribution >= 4 is 28.2 Å². The SMILES string of the molecule is Cc1ccc2[nH]c(C)c(CC(=O)Nc3ccc(N(C)C)cc3)c2c1. The summed E-state index contributed by atoms with van der Waals surface area (Å²) in [5.41, 5.74) is 6.32. The van der Waals surface area contributed by atoms with E-state index in [2.05, 4.69) is 35.4 Å². The Kier molecular flexibility index (Phi) is 4.30. The van der Waals surface area contributed by atoms with Crippen LogP contribution in [0.15, 0.2) is 42.5 Å². The van der Waals surface area contributed by atoms with Crippen LogP contribution in [0.1, 0.15) is 16.8 Å². The highest BCUT2D eigenvalue weighted by Crippen LogP contribution is 2.24. The zero-order valence-electron chi connectivity index (χ0n) is 14.6. The Balaban J connectivity index is 1.77. The number of amides is 1. The molecule has 0 unspecified atom stereocenters. The van der Waals surface area contributed by atoms with E-state index in [1.807, 2.05) is 50.2 Å². The van der Waals surface area contributed by atoms with Crippen molar-refractivity contribution in [2.75, 3.05) is 24.3 Å². The number of fused-ring (bicyclic) bond motifs is 1. The molecule has 1 heterocycles. The molecule has 2 aromatic carbocycles. The van der Waals surface area contributed by atoms with E-state index in [4.69, 9.17) is 0 Å². The van der Waals surface area contributed by atoms with Gasteiger partial charge in [0.05, 0.1) is 6.42 Å². The number of carbonyl (C=O) groups excluding carboxylic acids is 1. The highest BCUT2D eigenvalue weighted by Gasteiger charge is 2.13. The Labute approximate surface area is 142 Å². The molecule has 0 aliphatic carbocycles. The van der Waals surface area contributed by atoms with Gasteiger partial charge >= 0.3 is 0 Å². The number of benzene rings is 2. The first-order chi connectivity index (χ1) is 11.4. The lowest BCUT2D eigenvalue weighted by atomic mass is 10.1. The minimum Gasteiger partial charge on any atom is -0.378 e. The molecule has 0 atom stereocenters. The van der Waals surface area contributed by atoms with E-state index >= 15 is 0 Å². The van der Waals surface area contributed by atoms with Gasteiger partial charge in [0.2, 0.25) is 5.91 Å². The zero-order chi connectivity index (χ0) is 17.3. The predicted octanol–water partition coefficient (Wildman–Crippen LogP) is 4.03. The molecule has 0 bridgehead atoms. The number of aryl methyl sites for hydroxylation is 2. The third kappa shape index (κ3) is 3.27. The Morgan fingerprint density at radius 1 is 1.08 bits per heavy atom. The van der Waals surface area contributed by atoms with Crippen LogP contribution in [-0.4, -0.2) is 25.0 Å². The summed E-state index contributed by atoms with van der Waals surface area (Å²) in [6.45, 7) is 4.09.